The van der Waals surface area contributed by atoms with E-state index in [0.717, 1.165) is 17.4 Å². The highest BCUT2D eigenvalue weighted by atomic mass is 16.6. The van der Waals surface area contributed by atoms with Crippen molar-refractivity contribution in [3.63, 3.8) is 0 Å². The van der Waals surface area contributed by atoms with Crippen molar-refractivity contribution in [2.75, 3.05) is 0 Å². The third-order valence-electron chi connectivity index (χ3n) is 3.58. The standard InChI is InChI=1S/C14H17N3O2/c1-3-12(15)9(2)10-7-8-16-14-11(10)5-4-6-13(14)17(18)19/h4-9,12H,3,15H2,1-2H3. The normalized spacial score (nSPS) is 14.3. The lowest BCUT2D eigenvalue weighted by atomic mass is 9.90. The molecular weight excluding hydrogens is 242 g/mol. The summed E-state index contributed by atoms with van der Waals surface area (Å²) in [5, 5.41) is 11.8. The maximum Gasteiger partial charge on any atom is 0.295 e. The van der Waals surface area contributed by atoms with Crippen LogP contribution in [0.1, 0.15) is 31.7 Å². The van der Waals surface area contributed by atoms with E-state index in [2.05, 4.69) is 4.98 Å². The van der Waals surface area contributed by atoms with Crippen molar-refractivity contribution in [3.05, 3.63) is 46.1 Å². The quantitative estimate of drug-likeness (QED) is 0.676. The molecule has 2 atom stereocenters. The average molecular weight is 259 g/mol. The Morgan fingerprint density at radius 2 is 2.16 bits per heavy atom. The van der Waals surface area contributed by atoms with Gasteiger partial charge in [-0.25, -0.2) is 4.98 Å². The second-order valence-electron chi connectivity index (χ2n) is 4.69. The van der Waals surface area contributed by atoms with Crippen molar-refractivity contribution >= 4 is 16.6 Å². The van der Waals surface area contributed by atoms with Gasteiger partial charge in [0.25, 0.3) is 5.69 Å². The number of nitrogens with two attached hydrogens (primary N) is 1. The number of fused-ring (bicyclic) bond motifs is 1. The highest BCUT2D eigenvalue weighted by molar-refractivity contribution is 5.89. The molecule has 19 heavy (non-hydrogen) atoms. The van der Waals surface area contributed by atoms with E-state index in [0.29, 0.717) is 5.52 Å². The minimum Gasteiger partial charge on any atom is -0.327 e. The van der Waals surface area contributed by atoms with Gasteiger partial charge in [-0.15, -0.1) is 0 Å². The van der Waals surface area contributed by atoms with E-state index in [4.69, 9.17) is 5.73 Å². The second-order valence-corrected chi connectivity index (χ2v) is 4.69. The summed E-state index contributed by atoms with van der Waals surface area (Å²) in [4.78, 5) is 14.8. The third-order valence-corrected chi connectivity index (χ3v) is 3.58. The molecule has 2 rings (SSSR count). The van der Waals surface area contributed by atoms with Gasteiger partial charge in [0.1, 0.15) is 5.52 Å². The molecule has 0 saturated carbocycles. The van der Waals surface area contributed by atoms with Crippen LogP contribution in [0.2, 0.25) is 0 Å². The summed E-state index contributed by atoms with van der Waals surface area (Å²) in [6, 6.07) is 6.96. The van der Waals surface area contributed by atoms with Gasteiger partial charge >= 0.3 is 0 Å². The van der Waals surface area contributed by atoms with E-state index >= 15 is 0 Å². The van der Waals surface area contributed by atoms with E-state index < -0.39 is 4.92 Å². The number of nitro groups is 1. The van der Waals surface area contributed by atoms with Crippen molar-refractivity contribution in [2.24, 2.45) is 5.73 Å². The molecule has 2 unspecified atom stereocenters. The highest BCUT2D eigenvalue weighted by Gasteiger charge is 2.19. The molecule has 2 N–H and O–H groups in total. The Morgan fingerprint density at radius 3 is 2.79 bits per heavy atom. The zero-order valence-electron chi connectivity index (χ0n) is 11.0. The van der Waals surface area contributed by atoms with Crippen LogP contribution in [0.25, 0.3) is 10.9 Å². The van der Waals surface area contributed by atoms with Gasteiger partial charge in [-0.3, -0.25) is 10.1 Å². The van der Waals surface area contributed by atoms with Crippen LogP contribution < -0.4 is 5.73 Å². The Labute approximate surface area is 111 Å². The van der Waals surface area contributed by atoms with Crippen LogP contribution in [-0.4, -0.2) is 15.9 Å². The summed E-state index contributed by atoms with van der Waals surface area (Å²) in [5.74, 6) is 0.137. The largest absolute Gasteiger partial charge is 0.327 e. The molecule has 0 amide bonds. The number of rotatable bonds is 4. The summed E-state index contributed by atoms with van der Waals surface area (Å²) in [7, 11) is 0. The lowest BCUT2D eigenvalue weighted by molar-refractivity contribution is -0.383. The maximum absolute atomic E-state index is 11.0. The van der Waals surface area contributed by atoms with Crippen molar-refractivity contribution < 1.29 is 4.92 Å². The number of hydrogen-bond donors (Lipinski definition) is 1. The van der Waals surface area contributed by atoms with E-state index in [-0.39, 0.29) is 17.6 Å². The number of pyridine rings is 1. The smallest absolute Gasteiger partial charge is 0.295 e. The number of hydrogen-bond acceptors (Lipinski definition) is 4. The van der Waals surface area contributed by atoms with E-state index in [1.807, 2.05) is 26.0 Å². The topological polar surface area (TPSA) is 82.0 Å². The lowest BCUT2D eigenvalue weighted by Gasteiger charge is -2.20. The molecule has 0 fully saturated rings. The second kappa shape index (κ2) is 5.32. The van der Waals surface area contributed by atoms with Crippen LogP contribution in [-0.2, 0) is 0 Å². The number of nitrogens with zero attached hydrogens (tertiary/aromatic N) is 2. The molecule has 1 heterocycles. The molecule has 0 spiro atoms. The maximum atomic E-state index is 11.0. The minimum atomic E-state index is -0.399. The van der Waals surface area contributed by atoms with Gasteiger partial charge in [-0.1, -0.05) is 26.0 Å². The van der Waals surface area contributed by atoms with Gasteiger partial charge in [-0.05, 0) is 24.0 Å². The Balaban J connectivity index is 2.64. The third kappa shape index (κ3) is 2.42. The molecule has 0 saturated heterocycles. The van der Waals surface area contributed by atoms with E-state index in [9.17, 15) is 10.1 Å². The van der Waals surface area contributed by atoms with Crippen molar-refractivity contribution in [2.45, 2.75) is 32.2 Å². The SMILES string of the molecule is CCC(N)C(C)c1ccnc2c([N+](=O)[O-])cccc12. The van der Waals surface area contributed by atoms with Crippen LogP contribution in [0.3, 0.4) is 0 Å². The van der Waals surface area contributed by atoms with Crippen molar-refractivity contribution in [1.29, 1.82) is 0 Å². The monoisotopic (exact) mass is 259 g/mol. The first-order valence-electron chi connectivity index (χ1n) is 6.33. The summed E-state index contributed by atoms with van der Waals surface area (Å²) in [5.41, 5.74) is 7.57. The number of nitro benzene ring substituents is 1. The van der Waals surface area contributed by atoms with Gasteiger partial charge in [0.05, 0.1) is 4.92 Å². The number of aromatic nitrogens is 1. The first-order chi connectivity index (χ1) is 9.06. The number of benzene rings is 1. The Bertz CT molecular complexity index is 613. The first kappa shape index (κ1) is 13.4. The Kier molecular flexibility index (Phi) is 3.76. The molecule has 5 heteroatoms. The molecule has 100 valence electrons. The molecule has 1 aromatic heterocycles. The molecule has 0 aliphatic carbocycles. The fourth-order valence-corrected chi connectivity index (χ4v) is 2.31. The fraction of sp³-hybridized carbons (Fsp3) is 0.357. The van der Waals surface area contributed by atoms with E-state index in [1.54, 1.807) is 12.3 Å². The zero-order chi connectivity index (χ0) is 14.0. The van der Waals surface area contributed by atoms with Crippen LogP contribution >= 0.6 is 0 Å². The molecule has 0 bridgehead atoms. The van der Waals surface area contributed by atoms with Gasteiger partial charge in [0.15, 0.2) is 0 Å². The summed E-state index contributed by atoms with van der Waals surface area (Å²) >= 11 is 0. The lowest BCUT2D eigenvalue weighted by Crippen LogP contribution is -2.25. The zero-order valence-corrected chi connectivity index (χ0v) is 11.0. The number of non-ortho nitro benzene ring substituents is 1. The van der Waals surface area contributed by atoms with Crippen molar-refractivity contribution in [3.8, 4) is 0 Å². The number of para-hydroxylation sites is 1. The summed E-state index contributed by atoms with van der Waals surface area (Å²) < 4.78 is 0. The molecular formula is C14H17N3O2. The molecule has 0 aliphatic rings. The van der Waals surface area contributed by atoms with Gasteiger partial charge in [-0.2, -0.15) is 0 Å². The fourth-order valence-electron chi connectivity index (χ4n) is 2.31. The molecule has 5 nitrogen and oxygen atoms in total. The van der Waals surface area contributed by atoms with E-state index in [1.165, 1.54) is 6.07 Å². The Morgan fingerprint density at radius 1 is 1.42 bits per heavy atom. The highest BCUT2D eigenvalue weighted by Crippen LogP contribution is 2.31. The predicted octanol–water partition coefficient (Wildman–Crippen LogP) is 2.98. The van der Waals surface area contributed by atoms with Crippen LogP contribution in [0.15, 0.2) is 30.5 Å². The molecule has 0 aliphatic heterocycles. The summed E-state index contributed by atoms with van der Waals surface area (Å²) in [6.45, 7) is 4.08. The molecule has 1 aromatic carbocycles. The molecule has 0 radical (unpaired) electrons. The predicted molar refractivity (Wildman–Crippen MR) is 75.1 cm³/mol. The Hall–Kier alpha value is -2.01. The molecule has 2 aromatic rings. The van der Waals surface area contributed by atoms with Crippen LogP contribution in [0.4, 0.5) is 5.69 Å². The van der Waals surface area contributed by atoms with Crippen molar-refractivity contribution in [1.82, 2.24) is 4.98 Å². The van der Waals surface area contributed by atoms with Crippen LogP contribution in [0.5, 0.6) is 0 Å². The minimum absolute atomic E-state index is 0.0323. The summed E-state index contributed by atoms with van der Waals surface area (Å²) in [6.07, 6.45) is 2.48. The first-order valence-corrected chi connectivity index (χ1v) is 6.33. The van der Waals surface area contributed by atoms with Crippen LogP contribution in [0, 0.1) is 10.1 Å². The van der Waals surface area contributed by atoms with Gasteiger partial charge in [0.2, 0.25) is 0 Å². The van der Waals surface area contributed by atoms with Gasteiger partial charge < -0.3 is 5.73 Å². The average Bonchev–Trinajstić information content (AvgIpc) is 2.44. The van der Waals surface area contributed by atoms with Gasteiger partial charge in [0, 0.05) is 23.7 Å².